The second kappa shape index (κ2) is 4.32. The van der Waals surface area contributed by atoms with Crippen LogP contribution in [0.3, 0.4) is 0 Å². The summed E-state index contributed by atoms with van der Waals surface area (Å²) in [6.07, 6.45) is -0.446. The summed E-state index contributed by atoms with van der Waals surface area (Å²) in [5.74, 6) is 0. The highest BCUT2D eigenvalue weighted by atomic mass is 32.1. The number of amides is 1. The Bertz CT molecular complexity index is 275. The molecular formula is C9H16N2O3S. The number of carbonyl (C=O) groups excluding carboxylic acids is 1. The van der Waals surface area contributed by atoms with Gasteiger partial charge in [-0.2, -0.15) is 0 Å². The van der Waals surface area contributed by atoms with Gasteiger partial charge in [0.1, 0.15) is 18.4 Å². The van der Waals surface area contributed by atoms with Crippen molar-refractivity contribution < 1.29 is 14.3 Å². The van der Waals surface area contributed by atoms with Gasteiger partial charge >= 0.3 is 6.09 Å². The number of hydrogen-bond donors (Lipinski definition) is 1. The molecule has 15 heavy (non-hydrogen) atoms. The lowest BCUT2D eigenvalue weighted by molar-refractivity contribution is 0.0186. The molecule has 6 heteroatoms. The molecule has 5 nitrogen and oxygen atoms in total. The molecule has 0 saturated carbocycles. The zero-order valence-corrected chi connectivity index (χ0v) is 9.97. The summed E-state index contributed by atoms with van der Waals surface area (Å²) in [5, 5.41) is 0. The molecule has 1 atom stereocenters. The van der Waals surface area contributed by atoms with E-state index in [1.807, 2.05) is 0 Å². The first-order chi connectivity index (χ1) is 6.81. The molecule has 1 saturated heterocycles. The van der Waals surface area contributed by atoms with Crippen molar-refractivity contribution in [2.24, 2.45) is 5.73 Å². The van der Waals surface area contributed by atoms with Gasteiger partial charge in [-0.05, 0) is 20.8 Å². The number of rotatable bonds is 1. The maximum atomic E-state index is 11.7. The highest BCUT2D eigenvalue weighted by Crippen LogP contribution is 2.16. The Morgan fingerprint density at radius 1 is 1.60 bits per heavy atom. The molecule has 0 aliphatic carbocycles. The molecule has 0 spiro atoms. The van der Waals surface area contributed by atoms with Crippen LogP contribution >= 0.6 is 12.2 Å². The van der Waals surface area contributed by atoms with E-state index in [2.05, 4.69) is 0 Å². The number of carbonyl (C=O) groups is 1. The van der Waals surface area contributed by atoms with Crippen LogP contribution in [0.15, 0.2) is 0 Å². The minimum absolute atomic E-state index is 0.177. The number of hydrogen-bond acceptors (Lipinski definition) is 4. The average Bonchev–Trinajstić information content (AvgIpc) is 2.47. The Labute approximate surface area is 94.5 Å². The lowest BCUT2D eigenvalue weighted by Crippen LogP contribution is -2.46. The Morgan fingerprint density at radius 2 is 2.20 bits per heavy atom. The zero-order valence-electron chi connectivity index (χ0n) is 9.15. The molecule has 1 fully saturated rings. The van der Waals surface area contributed by atoms with Crippen molar-refractivity contribution in [1.29, 1.82) is 0 Å². The second-order valence-electron chi connectivity index (χ2n) is 4.37. The first kappa shape index (κ1) is 12.2. The van der Waals surface area contributed by atoms with Crippen LogP contribution in [-0.4, -0.2) is 41.0 Å². The Hall–Kier alpha value is -0.880. The number of ether oxygens (including phenoxy) is 2. The molecule has 1 amide bonds. The highest BCUT2D eigenvalue weighted by Gasteiger charge is 2.34. The number of nitrogens with zero attached hydrogens (tertiary/aromatic N) is 1. The van der Waals surface area contributed by atoms with Crippen molar-refractivity contribution >= 4 is 23.3 Å². The van der Waals surface area contributed by atoms with Gasteiger partial charge in [0.2, 0.25) is 0 Å². The van der Waals surface area contributed by atoms with Crippen LogP contribution in [-0.2, 0) is 9.47 Å². The molecule has 1 rings (SSSR count). The predicted molar refractivity (Wildman–Crippen MR) is 59.5 cm³/mol. The molecule has 0 aromatic rings. The van der Waals surface area contributed by atoms with E-state index in [1.165, 1.54) is 4.90 Å². The van der Waals surface area contributed by atoms with Crippen LogP contribution in [0.5, 0.6) is 0 Å². The molecule has 0 aromatic heterocycles. The van der Waals surface area contributed by atoms with E-state index >= 15 is 0 Å². The first-order valence-corrected chi connectivity index (χ1v) is 5.09. The van der Waals surface area contributed by atoms with Crippen molar-refractivity contribution in [2.75, 3.05) is 13.3 Å². The maximum Gasteiger partial charge on any atom is 0.412 e. The van der Waals surface area contributed by atoms with Crippen molar-refractivity contribution in [3.8, 4) is 0 Å². The van der Waals surface area contributed by atoms with Crippen LogP contribution in [0.1, 0.15) is 20.8 Å². The van der Waals surface area contributed by atoms with Gasteiger partial charge < -0.3 is 15.2 Å². The summed E-state index contributed by atoms with van der Waals surface area (Å²) in [6.45, 7) is 5.93. The first-order valence-electron chi connectivity index (χ1n) is 4.68. The van der Waals surface area contributed by atoms with Gasteiger partial charge in [-0.1, -0.05) is 12.2 Å². The average molecular weight is 232 g/mol. The molecule has 1 aliphatic heterocycles. The van der Waals surface area contributed by atoms with E-state index in [0.717, 1.165) is 0 Å². The zero-order chi connectivity index (χ0) is 11.6. The Balaban J connectivity index is 2.63. The molecule has 0 bridgehead atoms. The number of thiocarbonyl (C=S) groups is 1. The third-order valence-electron chi connectivity index (χ3n) is 1.84. The summed E-state index contributed by atoms with van der Waals surface area (Å²) in [7, 11) is 0. The molecule has 0 aromatic carbocycles. The number of nitrogens with two attached hydrogens (primary N) is 1. The monoisotopic (exact) mass is 232 g/mol. The van der Waals surface area contributed by atoms with E-state index in [9.17, 15) is 4.79 Å². The van der Waals surface area contributed by atoms with Crippen molar-refractivity contribution in [3.05, 3.63) is 0 Å². The van der Waals surface area contributed by atoms with E-state index < -0.39 is 11.7 Å². The molecule has 1 heterocycles. The lowest BCUT2D eigenvalue weighted by Gasteiger charge is -2.26. The Kier molecular flexibility index (Phi) is 3.51. The molecule has 0 radical (unpaired) electrons. The van der Waals surface area contributed by atoms with E-state index in [0.29, 0.717) is 6.61 Å². The molecule has 0 unspecified atom stereocenters. The molecule has 2 N–H and O–H groups in total. The summed E-state index contributed by atoms with van der Waals surface area (Å²) < 4.78 is 10.3. The fraction of sp³-hybridized carbons (Fsp3) is 0.778. The summed E-state index contributed by atoms with van der Waals surface area (Å²) in [4.78, 5) is 13.3. The highest BCUT2D eigenvalue weighted by molar-refractivity contribution is 7.80. The van der Waals surface area contributed by atoms with Gasteiger partial charge in [-0.25, -0.2) is 4.79 Å². The SMILES string of the molecule is CC(C)(C)OC(=O)N1COC[C@@H]1C(N)=S. The van der Waals surface area contributed by atoms with Gasteiger partial charge in [-0.3, -0.25) is 4.90 Å². The van der Waals surface area contributed by atoms with Gasteiger partial charge in [0, 0.05) is 0 Å². The Morgan fingerprint density at radius 3 is 2.67 bits per heavy atom. The topological polar surface area (TPSA) is 64.8 Å². The third-order valence-corrected chi connectivity index (χ3v) is 2.11. The molecule has 1 aliphatic rings. The van der Waals surface area contributed by atoms with Gasteiger partial charge in [0.05, 0.1) is 11.6 Å². The fourth-order valence-corrected chi connectivity index (χ4v) is 1.37. The predicted octanol–water partition coefficient (Wildman–Crippen LogP) is 0.866. The normalized spacial score (nSPS) is 21.5. The molecule has 86 valence electrons. The summed E-state index contributed by atoms with van der Waals surface area (Å²) in [6, 6.07) is -0.352. The van der Waals surface area contributed by atoms with Crippen LogP contribution in [0.4, 0.5) is 4.79 Å². The molecular weight excluding hydrogens is 216 g/mol. The minimum atomic E-state index is -0.527. The third kappa shape index (κ3) is 3.32. The van der Waals surface area contributed by atoms with E-state index in [4.69, 9.17) is 27.4 Å². The van der Waals surface area contributed by atoms with E-state index in [1.54, 1.807) is 20.8 Å². The van der Waals surface area contributed by atoms with Crippen molar-refractivity contribution in [3.63, 3.8) is 0 Å². The maximum absolute atomic E-state index is 11.7. The second-order valence-corrected chi connectivity index (χ2v) is 4.84. The summed E-state index contributed by atoms with van der Waals surface area (Å²) in [5.41, 5.74) is 4.96. The quantitative estimate of drug-likeness (QED) is 0.679. The summed E-state index contributed by atoms with van der Waals surface area (Å²) >= 11 is 4.84. The van der Waals surface area contributed by atoms with Gasteiger partial charge in [0.25, 0.3) is 0 Å². The minimum Gasteiger partial charge on any atom is -0.444 e. The van der Waals surface area contributed by atoms with E-state index in [-0.39, 0.29) is 17.8 Å². The van der Waals surface area contributed by atoms with Crippen LogP contribution in [0.25, 0.3) is 0 Å². The fourth-order valence-electron chi connectivity index (χ4n) is 1.18. The van der Waals surface area contributed by atoms with Crippen LogP contribution in [0, 0.1) is 0 Å². The lowest BCUT2D eigenvalue weighted by atomic mass is 10.2. The van der Waals surface area contributed by atoms with Crippen LogP contribution < -0.4 is 5.73 Å². The van der Waals surface area contributed by atoms with Crippen molar-refractivity contribution in [2.45, 2.75) is 32.4 Å². The van der Waals surface area contributed by atoms with Gasteiger partial charge in [0.15, 0.2) is 0 Å². The van der Waals surface area contributed by atoms with Crippen molar-refractivity contribution in [1.82, 2.24) is 4.90 Å². The smallest absolute Gasteiger partial charge is 0.412 e. The van der Waals surface area contributed by atoms with Gasteiger partial charge in [-0.15, -0.1) is 0 Å². The largest absolute Gasteiger partial charge is 0.444 e. The standard InChI is InChI=1S/C9H16N2O3S/c1-9(2,3)14-8(12)11-5-13-4-6(11)7(10)15/h6H,4-5H2,1-3H3,(H2,10,15)/t6-/m1/s1. The van der Waals surface area contributed by atoms with Crippen LogP contribution in [0.2, 0.25) is 0 Å².